The summed E-state index contributed by atoms with van der Waals surface area (Å²) in [6.45, 7) is 4.53. The van der Waals surface area contributed by atoms with E-state index >= 15 is 0 Å². The van der Waals surface area contributed by atoms with Gasteiger partial charge in [-0.2, -0.15) is 35.3 Å². The Balaban J connectivity index is 3.35. The van der Waals surface area contributed by atoms with E-state index in [9.17, 15) is 0 Å². The molecule has 0 heterocycles. The topological polar surface area (TPSA) is 0 Å². The molecule has 0 fully saturated rings. The normalized spacial score (nSPS) is 13.9. The molecule has 68 valence electrons. The van der Waals surface area contributed by atoms with Crippen LogP contribution in [-0.2, 0) is 0 Å². The maximum absolute atomic E-state index is 2.27. The van der Waals surface area contributed by atoms with Gasteiger partial charge in [0, 0.05) is 16.8 Å². The predicted molar refractivity (Wildman–Crippen MR) is 63.3 cm³/mol. The molecule has 0 unspecified atom stereocenters. The van der Waals surface area contributed by atoms with Crippen LogP contribution in [0.5, 0.6) is 0 Å². The first-order chi connectivity index (χ1) is 5.20. The molecule has 0 rings (SSSR count). The first-order valence-corrected chi connectivity index (χ1v) is 7.57. The summed E-state index contributed by atoms with van der Waals surface area (Å²) in [4.78, 5) is 0. The van der Waals surface area contributed by atoms with Gasteiger partial charge in [0.25, 0.3) is 0 Å². The van der Waals surface area contributed by atoms with Gasteiger partial charge in [-0.3, -0.25) is 0 Å². The van der Waals surface area contributed by atoms with Crippen LogP contribution in [0, 0.1) is 0 Å². The Morgan fingerprint density at radius 1 is 1.09 bits per heavy atom. The summed E-state index contributed by atoms with van der Waals surface area (Å²) >= 11 is 6.02. The molecule has 3 heteroatoms. The molecule has 0 aromatic carbocycles. The van der Waals surface area contributed by atoms with Crippen molar-refractivity contribution in [3.63, 3.8) is 0 Å². The van der Waals surface area contributed by atoms with Gasteiger partial charge >= 0.3 is 0 Å². The third-order valence-corrected chi connectivity index (χ3v) is 4.72. The lowest BCUT2D eigenvalue weighted by Gasteiger charge is -2.13. The highest BCUT2D eigenvalue weighted by Gasteiger charge is 2.06. The van der Waals surface area contributed by atoms with Gasteiger partial charge in [0.2, 0.25) is 0 Å². The molecule has 0 bridgehead atoms. The predicted octanol–water partition coefficient (Wildman–Crippen LogP) is 3.22. The summed E-state index contributed by atoms with van der Waals surface area (Å²) in [5.41, 5.74) is 0. The highest BCUT2D eigenvalue weighted by atomic mass is 32.2. The Morgan fingerprint density at radius 2 is 1.73 bits per heavy atom. The minimum Gasteiger partial charge on any atom is -0.164 e. The molecule has 0 aliphatic carbocycles. The zero-order valence-corrected chi connectivity index (χ0v) is 10.2. The molecule has 1 atom stereocenters. The van der Waals surface area contributed by atoms with Crippen LogP contribution in [0.3, 0.4) is 0 Å². The van der Waals surface area contributed by atoms with Crippen molar-refractivity contribution in [2.24, 2.45) is 0 Å². The third-order valence-electron chi connectivity index (χ3n) is 1.30. The van der Waals surface area contributed by atoms with E-state index in [-0.39, 0.29) is 0 Å². The molecule has 0 aliphatic heterocycles. The number of hydrogen-bond donors (Lipinski definition) is 0. The van der Waals surface area contributed by atoms with Crippen LogP contribution in [0.4, 0.5) is 0 Å². The molecule has 0 aromatic heterocycles. The van der Waals surface area contributed by atoms with Crippen molar-refractivity contribution >= 4 is 35.3 Å². The van der Waals surface area contributed by atoms with Crippen molar-refractivity contribution in [2.45, 2.75) is 24.3 Å². The summed E-state index contributed by atoms with van der Waals surface area (Å²) in [5, 5.41) is 1.63. The molecule has 11 heavy (non-hydrogen) atoms. The van der Waals surface area contributed by atoms with Crippen LogP contribution in [0.2, 0.25) is 0 Å². The summed E-state index contributed by atoms with van der Waals surface area (Å²) < 4.78 is 0. The molecule has 0 saturated heterocycles. The average Bonchev–Trinajstić information content (AvgIpc) is 1.97. The first kappa shape index (κ1) is 12.0. The van der Waals surface area contributed by atoms with Crippen molar-refractivity contribution in [2.75, 3.05) is 24.0 Å². The van der Waals surface area contributed by atoms with E-state index in [4.69, 9.17) is 0 Å². The summed E-state index contributed by atoms with van der Waals surface area (Å²) in [7, 11) is 0. The van der Waals surface area contributed by atoms with Gasteiger partial charge in [-0.15, -0.1) is 0 Å². The molecule has 0 aromatic rings. The monoisotopic (exact) mass is 210 g/mol. The van der Waals surface area contributed by atoms with Gasteiger partial charge in [-0.05, 0) is 17.8 Å². The fourth-order valence-electron chi connectivity index (χ4n) is 0.670. The third kappa shape index (κ3) is 7.41. The van der Waals surface area contributed by atoms with E-state index in [0.29, 0.717) is 0 Å². The van der Waals surface area contributed by atoms with Crippen LogP contribution in [0.25, 0.3) is 0 Å². The quantitative estimate of drug-likeness (QED) is 0.661. The van der Waals surface area contributed by atoms with Crippen molar-refractivity contribution in [3.8, 4) is 0 Å². The smallest absolute Gasteiger partial charge is 0.0225 e. The van der Waals surface area contributed by atoms with E-state index in [1.54, 1.807) is 0 Å². The van der Waals surface area contributed by atoms with Crippen LogP contribution < -0.4 is 0 Å². The second kappa shape index (κ2) is 7.69. The molecule has 0 saturated carbocycles. The number of thioether (sulfide) groups is 3. The molecule has 0 N–H and O–H groups in total. The van der Waals surface area contributed by atoms with Gasteiger partial charge in [0.05, 0.1) is 0 Å². The molecular weight excluding hydrogens is 192 g/mol. The average molecular weight is 210 g/mol. The Labute approximate surface area is 83.7 Å². The van der Waals surface area contributed by atoms with Crippen molar-refractivity contribution < 1.29 is 0 Å². The molecule has 0 spiro atoms. The largest absolute Gasteiger partial charge is 0.164 e. The minimum absolute atomic E-state index is 0.784. The van der Waals surface area contributed by atoms with Crippen molar-refractivity contribution in [1.29, 1.82) is 0 Å². The molecule has 0 amide bonds. The standard InChI is InChI=1S/C8H18S3/c1-7(2)11-6-8(10-4)5-9-3/h7-8H,5-6H2,1-4H3/t8-/m0/s1. The fourth-order valence-corrected chi connectivity index (χ4v) is 3.76. The lowest BCUT2D eigenvalue weighted by atomic mass is 10.5. The van der Waals surface area contributed by atoms with Gasteiger partial charge in [-0.25, -0.2) is 0 Å². The second-order valence-corrected chi connectivity index (χ2v) is 6.35. The van der Waals surface area contributed by atoms with Crippen LogP contribution >= 0.6 is 35.3 Å². The SMILES string of the molecule is CSC[C@@H](CSC(C)C)SC. The Hall–Kier alpha value is 1.05. The van der Waals surface area contributed by atoms with Crippen molar-refractivity contribution in [1.82, 2.24) is 0 Å². The minimum atomic E-state index is 0.784. The molecule has 0 radical (unpaired) electrons. The maximum Gasteiger partial charge on any atom is 0.0225 e. The van der Waals surface area contributed by atoms with Gasteiger partial charge in [0.1, 0.15) is 0 Å². The maximum atomic E-state index is 2.27. The van der Waals surface area contributed by atoms with E-state index < -0.39 is 0 Å². The zero-order valence-electron chi connectivity index (χ0n) is 7.79. The summed E-state index contributed by atoms with van der Waals surface area (Å²) in [5.74, 6) is 2.60. The summed E-state index contributed by atoms with van der Waals surface area (Å²) in [6.07, 6.45) is 4.39. The van der Waals surface area contributed by atoms with Gasteiger partial charge in [0.15, 0.2) is 0 Å². The Bertz CT molecular complexity index is 83.4. The van der Waals surface area contributed by atoms with Crippen molar-refractivity contribution in [3.05, 3.63) is 0 Å². The molecular formula is C8H18S3. The van der Waals surface area contributed by atoms with E-state index in [0.717, 1.165) is 10.5 Å². The highest BCUT2D eigenvalue weighted by molar-refractivity contribution is 8.05. The lowest BCUT2D eigenvalue weighted by Crippen LogP contribution is -2.10. The Kier molecular flexibility index (Phi) is 8.42. The lowest BCUT2D eigenvalue weighted by molar-refractivity contribution is 1.08. The number of rotatable bonds is 6. The van der Waals surface area contributed by atoms with Crippen LogP contribution in [0.1, 0.15) is 13.8 Å². The summed E-state index contributed by atoms with van der Waals surface area (Å²) in [6, 6.07) is 0. The second-order valence-electron chi connectivity index (χ2n) is 2.70. The Morgan fingerprint density at radius 3 is 2.09 bits per heavy atom. The molecule has 0 aliphatic rings. The van der Waals surface area contributed by atoms with Crippen LogP contribution in [-0.4, -0.2) is 34.5 Å². The van der Waals surface area contributed by atoms with E-state index in [2.05, 4.69) is 38.1 Å². The molecule has 0 nitrogen and oxygen atoms in total. The van der Waals surface area contributed by atoms with E-state index in [1.165, 1.54) is 11.5 Å². The number of hydrogen-bond acceptors (Lipinski definition) is 3. The zero-order chi connectivity index (χ0) is 8.69. The fraction of sp³-hybridized carbons (Fsp3) is 1.00. The first-order valence-electron chi connectivity index (χ1n) is 3.84. The van der Waals surface area contributed by atoms with E-state index in [1.807, 2.05) is 23.5 Å². The highest BCUT2D eigenvalue weighted by Crippen LogP contribution is 2.20. The van der Waals surface area contributed by atoms with Gasteiger partial charge < -0.3 is 0 Å². The van der Waals surface area contributed by atoms with Crippen LogP contribution in [0.15, 0.2) is 0 Å². The van der Waals surface area contributed by atoms with Gasteiger partial charge in [-0.1, -0.05) is 13.8 Å².